The number of nitrogens with zero attached hydrogens (tertiary/aromatic N) is 3. The standard InChI is InChI=1S/C20H26N4O/c1-23-14-11-21-20(23)24-12-9-16(10-13-24)22-19(25)18-8-3-2-7-17(18)15-5-4-6-15/h2-3,7-8,11,14-16H,4-6,9-10,12-13H2,1H3,(H,22,25). The topological polar surface area (TPSA) is 50.2 Å². The van der Waals surface area contributed by atoms with E-state index < -0.39 is 0 Å². The highest BCUT2D eigenvalue weighted by Gasteiger charge is 2.27. The number of amides is 1. The van der Waals surface area contributed by atoms with Gasteiger partial charge in [0, 0.05) is 44.1 Å². The van der Waals surface area contributed by atoms with E-state index in [4.69, 9.17) is 0 Å². The molecule has 1 N–H and O–H groups in total. The Labute approximate surface area is 149 Å². The van der Waals surface area contributed by atoms with Gasteiger partial charge in [-0.2, -0.15) is 0 Å². The molecule has 1 aromatic carbocycles. The molecule has 5 nitrogen and oxygen atoms in total. The van der Waals surface area contributed by atoms with Crippen molar-refractivity contribution in [3.05, 3.63) is 47.8 Å². The normalized spacial score (nSPS) is 18.8. The maximum atomic E-state index is 12.8. The van der Waals surface area contributed by atoms with Crippen LogP contribution >= 0.6 is 0 Å². The van der Waals surface area contributed by atoms with Gasteiger partial charge in [-0.05, 0) is 43.2 Å². The highest BCUT2D eigenvalue weighted by atomic mass is 16.1. The van der Waals surface area contributed by atoms with Gasteiger partial charge in [0.15, 0.2) is 0 Å². The second-order valence-corrected chi connectivity index (χ2v) is 7.29. The number of hydrogen-bond acceptors (Lipinski definition) is 3. The van der Waals surface area contributed by atoms with E-state index in [1.807, 2.05) is 36.1 Å². The number of aryl methyl sites for hydroxylation is 1. The molecule has 0 unspecified atom stereocenters. The van der Waals surface area contributed by atoms with Crippen LogP contribution in [-0.4, -0.2) is 34.6 Å². The molecule has 2 aromatic rings. The molecule has 25 heavy (non-hydrogen) atoms. The fraction of sp³-hybridized carbons (Fsp3) is 0.500. The predicted molar refractivity (Wildman–Crippen MR) is 98.9 cm³/mol. The molecule has 1 saturated carbocycles. The number of aromatic nitrogens is 2. The van der Waals surface area contributed by atoms with E-state index in [2.05, 4.69) is 27.3 Å². The molecule has 2 aliphatic rings. The highest BCUT2D eigenvalue weighted by Crippen LogP contribution is 2.37. The lowest BCUT2D eigenvalue weighted by Crippen LogP contribution is -2.45. The minimum absolute atomic E-state index is 0.0953. The fourth-order valence-corrected chi connectivity index (χ4v) is 3.93. The molecule has 1 aromatic heterocycles. The van der Waals surface area contributed by atoms with Crippen molar-refractivity contribution in [1.82, 2.24) is 14.9 Å². The summed E-state index contributed by atoms with van der Waals surface area (Å²) in [7, 11) is 2.02. The zero-order valence-electron chi connectivity index (χ0n) is 14.8. The Bertz CT molecular complexity index is 742. The number of rotatable bonds is 4. The van der Waals surface area contributed by atoms with Gasteiger partial charge in [-0.25, -0.2) is 4.98 Å². The van der Waals surface area contributed by atoms with Crippen LogP contribution in [-0.2, 0) is 7.05 Å². The average molecular weight is 338 g/mol. The third kappa shape index (κ3) is 3.28. The summed E-state index contributed by atoms with van der Waals surface area (Å²) in [6, 6.07) is 8.38. The molecule has 0 radical (unpaired) electrons. The number of carbonyl (C=O) groups excluding carboxylic acids is 1. The molecule has 1 amide bonds. The zero-order chi connectivity index (χ0) is 17.2. The van der Waals surface area contributed by atoms with E-state index in [0.29, 0.717) is 5.92 Å². The Hall–Kier alpha value is -2.30. The summed E-state index contributed by atoms with van der Waals surface area (Å²) in [5, 5.41) is 3.27. The number of nitrogens with one attached hydrogen (secondary N) is 1. The summed E-state index contributed by atoms with van der Waals surface area (Å²) >= 11 is 0. The molecular weight excluding hydrogens is 312 g/mol. The Kier molecular flexibility index (Phi) is 4.47. The highest BCUT2D eigenvalue weighted by molar-refractivity contribution is 5.96. The second-order valence-electron chi connectivity index (χ2n) is 7.29. The SMILES string of the molecule is Cn1ccnc1N1CCC(NC(=O)c2ccccc2C2CCC2)CC1. The quantitative estimate of drug-likeness (QED) is 0.932. The number of hydrogen-bond donors (Lipinski definition) is 1. The van der Waals surface area contributed by atoms with Gasteiger partial charge < -0.3 is 14.8 Å². The Balaban J connectivity index is 1.37. The van der Waals surface area contributed by atoms with Crippen molar-refractivity contribution in [2.24, 2.45) is 7.05 Å². The number of benzene rings is 1. The van der Waals surface area contributed by atoms with E-state index in [-0.39, 0.29) is 11.9 Å². The lowest BCUT2D eigenvalue weighted by Gasteiger charge is -2.33. The summed E-state index contributed by atoms with van der Waals surface area (Å²) in [5.41, 5.74) is 2.11. The van der Waals surface area contributed by atoms with Gasteiger partial charge in [-0.15, -0.1) is 0 Å². The first-order valence-corrected chi connectivity index (χ1v) is 9.34. The lowest BCUT2D eigenvalue weighted by atomic mass is 9.78. The molecule has 2 heterocycles. The summed E-state index contributed by atoms with van der Waals surface area (Å²) in [5.74, 6) is 1.69. The van der Waals surface area contributed by atoms with Crippen LogP contribution in [0.15, 0.2) is 36.7 Å². The predicted octanol–water partition coefficient (Wildman–Crippen LogP) is 3.09. The van der Waals surface area contributed by atoms with Gasteiger partial charge in [0.05, 0.1) is 0 Å². The molecule has 0 atom stereocenters. The molecule has 1 aliphatic heterocycles. The molecular formula is C20H26N4O. The third-order valence-electron chi connectivity index (χ3n) is 5.66. The van der Waals surface area contributed by atoms with Crippen molar-refractivity contribution in [1.29, 1.82) is 0 Å². The average Bonchev–Trinajstić information content (AvgIpc) is 3.00. The molecule has 2 fully saturated rings. The summed E-state index contributed by atoms with van der Waals surface area (Å²) in [6.07, 6.45) is 9.44. The van der Waals surface area contributed by atoms with Crippen LogP contribution in [0.25, 0.3) is 0 Å². The minimum atomic E-state index is 0.0953. The largest absolute Gasteiger partial charge is 0.349 e. The second kappa shape index (κ2) is 6.90. The van der Waals surface area contributed by atoms with Gasteiger partial charge >= 0.3 is 0 Å². The fourth-order valence-electron chi connectivity index (χ4n) is 3.93. The van der Waals surface area contributed by atoms with E-state index in [9.17, 15) is 4.79 Å². The first-order chi connectivity index (χ1) is 12.2. The molecule has 4 rings (SSSR count). The molecule has 1 aliphatic carbocycles. The van der Waals surface area contributed by atoms with E-state index in [1.54, 1.807) is 0 Å². The Morgan fingerprint density at radius 1 is 1.16 bits per heavy atom. The molecule has 132 valence electrons. The van der Waals surface area contributed by atoms with Crippen LogP contribution < -0.4 is 10.2 Å². The van der Waals surface area contributed by atoms with Gasteiger partial charge in [0.1, 0.15) is 0 Å². The Morgan fingerprint density at radius 2 is 1.92 bits per heavy atom. The molecule has 0 spiro atoms. The first kappa shape index (κ1) is 16.2. The van der Waals surface area contributed by atoms with E-state index >= 15 is 0 Å². The lowest BCUT2D eigenvalue weighted by molar-refractivity contribution is 0.0929. The molecule has 5 heteroatoms. The third-order valence-corrected chi connectivity index (χ3v) is 5.66. The van der Waals surface area contributed by atoms with E-state index in [1.165, 1.54) is 24.8 Å². The maximum absolute atomic E-state index is 12.8. The van der Waals surface area contributed by atoms with Gasteiger partial charge in [0.2, 0.25) is 5.95 Å². The van der Waals surface area contributed by atoms with Gasteiger partial charge in [-0.1, -0.05) is 24.6 Å². The number of carbonyl (C=O) groups is 1. The number of anilines is 1. The zero-order valence-corrected chi connectivity index (χ0v) is 14.8. The monoisotopic (exact) mass is 338 g/mol. The van der Waals surface area contributed by atoms with Crippen molar-refractivity contribution < 1.29 is 4.79 Å². The van der Waals surface area contributed by atoms with Crippen LogP contribution in [0.3, 0.4) is 0 Å². The van der Waals surface area contributed by atoms with Crippen LogP contribution in [0, 0.1) is 0 Å². The smallest absolute Gasteiger partial charge is 0.251 e. The van der Waals surface area contributed by atoms with Crippen molar-refractivity contribution in [2.45, 2.75) is 44.1 Å². The van der Waals surface area contributed by atoms with Crippen LogP contribution in [0.2, 0.25) is 0 Å². The van der Waals surface area contributed by atoms with Crippen molar-refractivity contribution in [3.63, 3.8) is 0 Å². The van der Waals surface area contributed by atoms with E-state index in [0.717, 1.165) is 37.4 Å². The summed E-state index contributed by atoms with van der Waals surface area (Å²) in [6.45, 7) is 1.86. The van der Waals surface area contributed by atoms with Crippen molar-refractivity contribution >= 4 is 11.9 Å². The van der Waals surface area contributed by atoms with Gasteiger partial charge in [0.25, 0.3) is 5.91 Å². The van der Waals surface area contributed by atoms with Crippen LogP contribution in [0.4, 0.5) is 5.95 Å². The van der Waals surface area contributed by atoms with Crippen molar-refractivity contribution in [2.75, 3.05) is 18.0 Å². The first-order valence-electron chi connectivity index (χ1n) is 9.34. The molecule has 0 bridgehead atoms. The Morgan fingerprint density at radius 3 is 2.56 bits per heavy atom. The number of imidazole rings is 1. The summed E-state index contributed by atoms with van der Waals surface area (Å²) < 4.78 is 2.05. The summed E-state index contributed by atoms with van der Waals surface area (Å²) in [4.78, 5) is 19.5. The maximum Gasteiger partial charge on any atom is 0.251 e. The number of piperidine rings is 1. The minimum Gasteiger partial charge on any atom is -0.349 e. The van der Waals surface area contributed by atoms with Crippen LogP contribution in [0.1, 0.15) is 53.9 Å². The van der Waals surface area contributed by atoms with Crippen LogP contribution in [0.5, 0.6) is 0 Å². The molecule has 1 saturated heterocycles. The van der Waals surface area contributed by atoms with Crippen molar-refractivity contribution in [3.8, 4) is 0 Å². The van der Waals surface area contributed by atoms with Gasteiger partial charge in [-0.3, -0.25) is 4.79 Å².